The first kappa shape index (κ1) is 24.9. The molecule has 0 aliphatic rings. The van der Waals surface area contributed by atoms with E-state index < -0.39 is 21.9 Å². The molecule has 0 radical (unpaired) electrons. The summed E-state index contributed by atoms with van der Waals surface area (Å²) in [5, 5.41) is 4.48. The molecule has 176 valence electrons. The number of amides is 1. The summed E-state index contributed by atoms with van der Waals surface area (Å²) < 4.78 is 30.9. The molecule has 0 saturated heterocycles. The van der Waals surface area contributed by atoms with Gasteiger partial charge in [-0.05, 0) is 71.8 Å². The van der Waals surface area contributed by atoms with Crippen LogP contribution in [0, 0.1) is 0 Å². The third kappa shape index (κ3) is 7.16. The molecule has 0 atom stereocenters. The summed E-state index contributed by atoms with van der Waals surface area (Å²) in [5.41, 5.74) is 4.61. The van der Waals surface area contributed by atoms with Crippen molar-refractivity contribution >= 4 is 45.4 Å². The lowest BCUT2D eigenvalue weighted by Gasteiger charge is -2.22. The zero-order valence-corrected chi connectivity index (χ0v) is 20.0. The van der Waals surface area contributed by atoms with Crippen LogP contribution in [0.3, 0.4) is 0 Å². The van der Waals surface area contributed by atoms with E-state index in [2.05, 4.69) is 10.5 Å². The van der Waals surface area contributed by atoms with Crippen molar-refractivity contribution < 1.29 is 22.7 Å². The van der Waals surface area contributed by atoms with Crippen molar-refractivity contribution in [1.82, 2.24) is 5.43 Å². The highest BCUT2D eigenvalue weighted by Gasteiger charge is 2.18. The monoisotopic (exact) mass is 499 g/mol. The summed E-state index contributed by atoms with van der Waals surface area (Å²) in [6.07, 6.45) is 2.57. The lowest BCUT2D eigenvalue weighted by atomic mass is 10.2. The number of sulfonamides is 1. The maximum Gasteiger partial charge on any atom is 0.308 e. The summed E-state index contributed by atoms with van der Waals surface area (Å²) in [5.74, 6) is -0.458. The number of hydrogen-bond donors (Lipinski definition) is 1. The number of esters is 1. The standard InChI is InChI=1S/C24H22ClN3O5S/c1-17(29)33-23-13-5-18(6-14-23)15-26-27-24(30)20-7-11-22(12-8-20)28(34(2,31)32)16-19-3-9-21(25)10-4-19/h3-15H,16H2,1-2H3,(H,27,30)/b26-15+. The maximum atomic E-state index is 12.4. The molecule has 1 amide bonds. The molecule has 3 aromatic rings. The normalized spacial score (nSPS) is 11.3. The molecule has 10 heteroatoms. The van der Waals surface area contributed by atoms with Gasteiger partial charge in [0.15, 0.2) is 0 Å². The predicted molar refractivity (Wildman–Crippen MR) is 132 cm³/mol. The first-order chi connectivity index (χ1) is 16.1. The molecule has 0 spiro atoms. The molecule has 0 heterocycles. The van der Waals surface area contributed by atoms with E-state index in [4.69, 9.17) is 16.3 Å². The van der Waals surface area contributed by atoms with E-state index in [9.17, 15) is 18.0 Å². The summed E-state index contributed by atoms with van der Waals surface area (Å²) in [6.45, 7) is 1.44. The zero-order valence-electron chi connectivity index (χ0n) is 18.4. The second-order valence-corrected chi connectivity index (χ2v) is 9.65. The fraction of sp³-hybridized carbons (Fsp3) is 0.125. The van der Waals surface area contributed by atoms with Gasteiger partial charge in [0.25, 0.3) is 5.91 Å². The number of rotatable bonds is 8. The lowest BCUT2D eigenvalue weighted by molar-refractivity contribution is -0.131. The van der Waals surface area contributed by atoms with Gasteiger partial charge in [0.05, 0.1) is 24.7 Å². The van der Waals surface area contributed by atoms with Gasteiger partial charge in [-0.3, -0.25) is 13.9 Å². The second kappa shape index (κ2) is 11.0. The number of carbonyl (C=O) groups excluding carboxylic acids is 2. The number of nitrogens with zero attached hydrogens (tertiary/aromatic N) is 2. The number of hydrogen-bond acceptors (Lipinski definition) is 6. The van der Waals surface area contributed by atoms with E-state index in [-0.39, 0.29) is 6.54 Å². The van der Waals surface area contributed by atoms with Gasteiger partial charge in [-0.1, -0.05) is 23.7 Å². The molecule has 0 aliphatic carbocycles. The number of anilines is 1. The number of hydrazone groups is 1. The van der Waals surface area contributed by atoms with Gasteiger partial charge < -0.3 is 4.74 Å². The fourth-order valence-corrected chi connectivity index (χ4v) is 3.97. The Morgan fingerprint density at radius 1 is 1.00 bits per heavy atom. The third-order valence-electron chi connectivity index (χ3n) is 4.58. The number of nitrogens with one attached hydrogen (secondary N) is 1. The molecule has 3 rings (SSSR count). The lowest BCUT2D eigenvalue weighted by Crippen LogP contribution is -2.29. The van der Waals surface area contributed by atoms with Crippen molar-refractivity contribution in [2.75, 3.05) is 10.6 Å². The van der Waals surface area contributed by atoms with Crippen LogP contribution >= 0.6 is 11.6 Å². The summed E-state index contributed by atoms with van der Waals surface area (Å²) in [6, 6.07) is 19.6. The van der Waals surface area contributed by atoms with Crippen LogP contribution in [0.5, 0.6) is 5.75 Å². The van der Waals surface area contributed by atoms with E-state index in [0.717, 1.165) is 11.8 Å². The molecule has 1 N–H and O–H groups in total. The van der Waals surface area contributed by atoms with Gasteiger partial charge in [-0.25, -0.2) is 13.8 Å². The largest absolute Gasteiger partial charge is 0.427 e. The third-order valence-corrected chi connectivity index (χ3v) is 5.97. The highest BCUT2D eigenvalue weighted by Crippen LogP contribution is 2.22. The summed E-state index contributed by atoms with van der Waals surface area (Å²) in [7, 11) is -3.57. The quantitative estimate of drug-likeness (QED) is 0.218. The first-order valence-corrected chi connectivity index (χ1v) is 12.3. The Morgan fingerprint density at radius 3 is 2.18 bits per heavy atom. The fourth-order valence-electron chi connectivity index (χ4n) is 2.95. The van der Waals surface area contributed by atoms with Crippen LogP contribution < -0.4 is 14.5 Å². The average molecular weight is 500 g/mol. The van der Waals surface area contributed by atoms with E-state index >= 15 is 0 Å². The van der Waals surface area contributed by atoms with Gasteiger partial charge in [0.2, 0.25) is 10.0 Å². The molecule has 0 unspecified atom stereocenters. The molecule has 8 nitrogen and oxygen atoms in total. The van der Waals surface area contributed by atoms with E-state index in [1.807, 2.05) is 0 Å². The van der Waals surface area contributed by atoms with Crippen molar-refractivity contribution in [3.05, 3.63) is 94.5 Å². The Labute approximate surface area is 202 Å². The van der Waals surface area contributed by atoms with Crippen LogP contribution in [0.2, 0.25) is 5.02 Å². The Bertz CT molecular complexity index is 1290. The summed E-state index contributed by atoms with van der Waals surface area (Å²) in [4.78, 5) is 23.3. The van der Waals surface area contributed by atoms with Crippen LogP contribution in [0.15, 0.2) is 77.9 Å². The minimum atomic E-state index is -3.57. The Kier molecular flexibility index (Phi) is 8.04. The molecule has 0 saturated carbocycles. The minimum Gasteiger partial charge on any atom is -0.427 e. The zero-order chi connectivity index (χ0) is 24.7. The number of carbonyl (C=O) groups is 2. The van der Waals surface area contributed by atoms with Crippen molar-refractivity contribution in [2.24, 2.45) is 5.10 Å². The SMILES string of the molecule is CC(=O)Oc1ccc(/C=N/NC(=O)c2ccc(N(Cc3ccc(Cl)cc3)S(C)(=O)=O)cc2)cc1. The smallest absolute Gasteiger partial charge is 0.308 e. The molecule has 3 aromatic carbocycles. The van der Waals surface area contributed by atoms with Crippen LogP contribution in [0.25, 0.3) is 0 Å². The second-order valence-electron chi connectivity index (χ2n) is 7.30. The Balaban J connectivity index is 1.65. The van der Waals surface area contributed by atoms with Crippen LogP contribution in [0.4, 0.5) is 5.69 Å². The van der Waals surface area contributed by atoms with Crippen LogP contribution in [-0.4, -0.2) is 32.8 Å². The first-order valence-electron chi connectivity index (χ1n) is 10.1. The highest BCUT2D eigenvalue weighted by molar-refractivity contribution is 7.92. The summed E-state index contributed by atoms with van der Waals surface area (Å²) >= 11 is 5.90. The topological polar surface area (TPSA) is 105 Å². The molecule has 0 bridgehead atoms. The predicted octanol–water partition coefficient (Wildman–Crippen LogP) is 4.00. The molecule has 34 heavy (non-hydrogen) atoms. The van der Waals surface area contributed by atoms with E-state index in [1.54, 1.807) is 60.7 Å². The van der Waals surface area contributed by atoms with E-state index in [1.165, 1.54) is 29.6 Å². The van der Waals surface area contributed by atoms with Crippen molar-refractivity contribution in [3.63, 3.8) is 0 Å². The molecular weight excluding hydrogens is 478 g/mol. The molecule has 0 fully saturated rings. The Morgan fingerprint density at radius 2 is 1.62 bits per heavy atom. The van der Waals surface area contributed by atoms with Gasteiger partial charge >= 0.3 is 5.97 Å². The van der Waals surface area contributed by atoms with Crippen molar-refractivity contribution in [1.29, 1.82) is 0 Å². The maximum absolute atomic E-state index is 12.4. The van der Waals surface area contributed by atoms with Gasteiger partial charge in [-0.2, -0.15) is 5.10 Å². The van der Waals surface area contributed by atoms with Crippen molar-refractivity contribution in [3.8, 4) is 5.75 Å². The minimum absolute atomic E-state index is 0.127. The van der Waals surface area contributed by atoms with Crippen LogP contribution in [0.1, 0.15) is 28.4 Å². The van der Waals surface area contributed by atoms with E-state index in [0.29, 0.717) is 27.6 Å². The average Bonchev–Trinajstić information content (AvgIpc) is 2.79. The molecule has 0 aliphatic heterocycles. The highest BCUT2D eigenvalue weighted by atomic mass is 35.5. The van der Waals surface area contributed by atoms with Crippen molar-refractivity contribution in [2.45, 2.75) is 13.5 Å². The molecule has 0 aromatic heterocycles. The number of benzene rings is 3. The van der Waals surface area contributed by atoms with Gasteiger partial charge in [-0.15, -0.1) is 0 Å². The Hall–Kier alpha value is -3.69. The number of ether oxygens (including phenoxy) is 1. The number of halogens is 1. The van der Waals surface area contributed by atoms with Crippen LogP contribution in [-0.2, 0) is 21.4 Å². The van der Waals surface area contributed by atoms with Gasteiger partial charge in [0, 0.05) is 17.5 Å². The molecular formula is C24H22ClN3O5S. The van der Waals surface area contributed by atoms with Gasteiger partial charge in [0.1, 0.15) is 5.75 Å².